The molecule has 0 spiro atoms. The van der Waals surface area contributed by atoms with Crippen molar-refractivity contribution in [2.24, 2.45) is 0 Å². The maximum Gasteiger partial charge on any atom is 0.351 e. The van der Waals surface area contributed by atoms with Crippen LogP contribution in [0, 0.1) is 0 Å². The summed E-state index contributed by atoms with van der Waals surface area (Å²) in [4.78, 5) is 12.1. The normalized spacial score (nSPS) is 15.9. The summed E-state index contributed by atoms with van der Waals surface area (Å²) in [6.45, 7) is -0.0780. The Morgan fingerprint density at radius 3 is 2.88 bits per heavy atom. The Morgan fingerprint density at radius 1 is 1.17 bits per heavy atom. The molecule has 0 saturated carbocycles. The highest BCUT2D eigenvalue weighted by molar-refractivity contribution is 5.75. The van der Waals surface area contributed by atoms with Gasteiger partial charge in [-0.3, -0.25) is 0 Å². The SMILES string of the molecule is O=C(OCc1nnc(-c2ccco2)o1)[C@H]1COc2ccccc2O1. The third-order valence-corrected chi connectivity index (χ3v) is 3.31. The number of aromatic nitrogens is 2. The van der Waals surface area contributed by atoms with E-state index in [1.165, 1.54) is 6.26 Å². The van der Waals surface area contributed by atoms with Crippen LogP contribution in [0.25, 0.3) is 11.7 Å². The van der Waals surface area contributed by atoms with E-state index in [0.717, 1.165) is 0 Å². The Hall–Kier alpha value is -3.29. The molecule has 122 valence electrons. The number of nitrogens with zero attached hydrogens (tertiary/aromatic N) is 2. The molecule has 0 N–H and O–H groups in total. The predicted molar refractivity (Wildman–Crippen MR) is 78.1 cm³/mol. The topological polar surface area (TPSA) is 96.8 Å². The summed E-state index contributed by atoms with van der Waals surface area (Å²) in [5.74, 6) is 1.36. The minimum absolute atomic E-state index is 0.0807. The molecule has 3 heterocycles. The van der Waals surface area contributed by atoms with Gasteiger partial charge in [0, 0.05) is 0 Å². The van der Waals surface area contributed by atoms with Gasteiger partial charge in [0.15, 0.2) is 23.9 Å². The van der Waals surface area contributed by atoms with Crippen LogP contribution < -0.4 is 9.47 Å². The van der Waals surface area contributed by atoms with Gasteiger partial charge >= 0.3 is 5.97 Å². The number of furan rings is 1. The molecule has 24 heavy (non-hydrogen) atoms. The van der Waals surface area contributed by atoms with E-state index in [0.29, 0.717) is 17.3 Å². The zero-order valence-electron chi connectivity index (χ0n) is 12.4. The zero-order chi connectivity index (χ0) is 16.4. The molecule has 1 atom stereocenters. The summed E-state index contributed by atoms with van der Waals surface area (Å²) in [6.07, 6.45) is 0.657. The molecule has 8 nitrogen and oxygen atoms in total. The quantitative estimate of drug-likeness (QED) is 0.673. The molecule has 3 aromatic rings. The van der Waals surface area contributed by atoms with E-state index in [4.69, 9.17) is 23.0 Å². The highest BCUT2D eigenvalue weighted by Crippen LogP contribution is 2.31. The second kappa shape index (κ2) is 6.07. The van der Waals surface area contributed by atoms with Gasteiger partial charge in [-0.15, -0.1) is 10.2 Å². The lowest BCUT2D eigenvalue weighted by molar-refractivity contribution is -0.156. The second-order valence-electron chi connectivity index (χ2n) is 4.95. The van der Waals surface area contributed by atoms with Crippen LogP contribution in [0.3, 0.4) is 0 Å². The lowest BCUT2D eigenvalue weighted by atomic mass is 10.2. The molecule has 0 unspecified atom stereocenters. The van der Waals surface area contributed by atoms with Gasteiger partial charge in [-0.25, -0.2) is 4.79 Å². The molecule has 4 rings (SSSR count). The number of hydrogen-bond donors (Lipinski definition) is 0. The Labute approximate surface area is 135 Å². The van der Waals surface area contributed by atoms with Crippen molar-refractivity contribution in [3.63, 3.8) is 0 Å². The molecule has 0 bridgehead atoms. The van der Waals surface area contributed by atoms with Gasteiger partial charge in [0.25, 0.3) is 11.8 Å². The van der Waals surface area contributed by atoms with Crippen molar-refractivity contribution in [3.8, 4) is 23.1 Å². The van der Waals surface area contributed by atoms with Crippen LogP contribution in [0.1, 0.15) is 5.89 Å². The third-order valence-electron chi connectivity index (χ3n) is 3.31. The van der Waals surface area contributed by atoms with E-state index < -0.39 is 12.1 Å². The molecular formula is C16H12N2O6. The smallest absolute Gasteiger partial charge is 0.351 e. The van der Waals surface area contributed by atoms with E-state index in [1.54, 1.807) is 30.3 Å². The predicted octanol–water partition coefficient (Wildman–Crippen LogP) is 2.21. The molecule has 1 aliphatic heterocycles. The largest absolute Gasteiger partial charge is 0.485 e. The molecule has 2 aromatic heterocycles. The minimum atomic E-state index is -0.840. The number of para-hydroxylation sites is 2. The average molecular weight is 328 g/mol. The Balaban J connectivity index is 1.36. The number of esters is 1. The Kier molecular flexibility index (Phi) is 3.62. The van der Waals surface area contributed by atoms with Crippen molar-refractivity contribution >= 4 is 5.97 Å². The second-order valence-corrected chi connectivity index (χ2v) is 4.95. The summed E-state index contributed by atoms with van der Waals surface area (Å²) in [7, 11) is 0. The van der Waals surface area contributed by atoms with Gasteiger partial charge in [0.05, 0.1) is 6.26 Å². The first-order chi connectivity index (χ1) is 11.8. The van der Waals surface area contributed by atoms with Crippen LogP contribution in [0.15, 0.2) is 51.5 Å². The van der Waals surface area contributed by atoms with Crippen LogP contribution >= 0.6 is 0 Å². The summed E-state index contributed by atoms with van der Waals surface area (Å²) in [5.41, 5.74) is 0. The summed E-state index contributed by atoms with van der Waals surface area (Å²) >= 11 is 0. The molecule has 0 fully saturated rings. The third kappa shape index (κ3) is 2.81. The van der Waals surface area contributed by atoms with Gasteiger partial charge in [-0.05, 0) is 24.3 Å². The molecule has 0 saturated heterocycles. The monoisotopic (exact) mass is 328 g/mol. The number of carbonyl (C=O) groups excluding carboxylic acids is 1. The molecule has 1 aromatic carbocycles. The van der Waals surface area contributed by atoms with Crippen LogP contribution in [-0.4, -0.2) is 28.9 Å². The lowest BCUT2D eigenvalue weighted by Gasteiger charge is -2.24. The maximum atomic E-state index is 12.1. The molecule has 1 aliphatic rings. The summed E-state index contributed by atoms with van der Waals surface area (Å²) < 4.78 is 26.7. The van der Waals surface area contributed by atoms with Crippen molar-refractivity contribution in [2.75, 3.05) is 6.61 Å². The first-order valence-corrected chi connectivity index (χ1v) is 7.21. The minimum Gasteiger partial charge on any atom is -0.485 e. The van der Waals surface area contributed by atoms with Crippen LogP contribution in [0.5, 0.6) is 11.5 Å². The van der Waals surface area contributed by atoms with Crippen molar-refractivity contribution in [3.05, 3.63) is 48.6 Å². The molecular weight excluding hydrogens is 316 g/mol. The fourth-order valence-electron chi connectivity index (χ4n) is 2.17. The number of ether oxygens (including phenoxy) is 3. The van der Waals surface area contributed by atoms with Crippen molar-refractivity contribution in [2.45, 2.75) is 12.7 Å². The Bertz CT molecular complexity index is 842. The number of carbonyl (C=O) groups is 1. The van der Waals surface area contributed by atoms with Crippen LogP contribution in [0.2, 0.25) is 0 Å². The standard InChI is InChI=1S/C16H12N2O6/c19-16(13-8-21-10-4-1-2-5-11(10)23-13)22-9-14-17-18-15(24-14)12-6-3-7-20-12/h1-7,13H,8-9H2/t13-/m1/s1. The fourth-order valence-corrected chi connectivity index (χ4v) is 2.17. The van der Waals surface area contributed by atoms with E-state index in [9.17, 15) is 4.79 Å². The number of hydrogen-bond acceptors (Lipinski definition) is 8. The van der Waals surface area contributed by atoms with E-state index in [-0.39, 0.29) is 25.0 Å². The van der Waals surface area contributed by atoms with Gasteiger partial charge in [0.1, 0.15) is 6.61 Å². The van der Waals surface area contributed by atoms with E-state index in [2.05, 4.69) is 10.2 Å². The van der Waals surface area contributed by atoms with Crippen molar-refractivity contribution in [1.82, 2.24) is 10.2 Å². The summed E-state index contributed by atoms with van der Waals surface area (Å²) in [5, 5.41) is 7.62. The van der Waals surface area contributed by atoms with Gasteiger partial charge in [-0.1, -0.05) is 12.1 Å². The van der Waals surface area contributed by atoms with E-state index >= 15 is 0 Å². The molecule has 0 amide bonds. The van der Waals surface area contributed by atoms with Gasteiger partial charge in [-0.2, -0.15) is 0 Å². The number of rotatable bonds is 4. The highest BCUT2D eigenvalue weighted by Gasteiger charge is 2.29. The molecule has 0 aliphatic carbocycles. The average Bonchev–Trinajstić information content (AvgIpc) is 3.30. The van der Waals surface area contributed by atoms with Crippen LogP contribution in [0.4, 0.5) is 0 Å². The van der Waals surface area contributed by atoms with Crippen LogP contribution in [-0.2, 0) is 16.1 Å². The number of benzene rings is 1. The van der Waals surface area contributed by atoms with E-state index in [1.807, 2.05) is 6.07 Å². The zero-order valence-corrected chi connectivity index (χ0v) is 12.4. The lowest BCUT2D eigenvalue weighted by Crippen LogP contribution is -2.37. The number of fused-ring (bicyclic) bond motifs is 1. The molecule has 0 radical (unpaired) electrons. The van der Waals surface area contributed by atoms with Gasteiger partial charge in [0.2, 0.25) is 6.10 Å². The first-order valence-electron chi connectivity index (χ1n) is 7.21. The first kappa shape index (κ1) is 14.3. The maximum absolute atomic E-state index is 12.1. The highest BCUT2D eigenvalue weighted by atomic mass is 16.6. The Morgan fingerprint density at radius 2 is 2.04 bits per heavy atom. The van der Waals surface area contributed by atoms with Crippen molar-refractivity contribution in [1.29, 1.82) is 0 Å². The fraction of sp³-hybridized carbons (Fsp3) is 0.188. The van der Waals surface area contributed by atoms with Crippen molar-refractivity contribution < 1.29 is 27.8 Å². The summed E-state index contributed by atoms with van der Waals surface area (Å²) in [6, 6.07) is 10.5. The van der Waals surface area contributed by atoms with Gasteiger partial charge < -0.3 is 23.0 Å². The molecule has 8 heteroatoms.